The Morgan fingerprint density at radius 3 is 0.400 bits per heavy atom. The first-order valence-corrected chi connectivity index (χ1v) is 0. The molecule has 0 aliphatic rings. The minimum Gasteiger partial charge on any atom is -0.870 e. The molecule has 5 heteroatoms. The SMILES string of the molecule is [Ga+3].[OH-].[OH-].[OH-].[OH-]. The molecule has 0 aromatic rings. The molecule has 4 N–H and O–H groups in total. The Balaban J connectivity index is 0. The van der Waals surface area contributed by atoms with Crippen LogP contribution < -0.4 is 0 Å². The number of hydrogen-bond acceptors (Lipinski definition) is 4. The van der Waals surface area contributed by atoms with Gasteiger partial charge < -0.3 is 21.9 Å². The zero-order valence-electron chi connectivity index (χ0n) is 2.37. The molecule has 0 atom stereocenters. The fraction of sp³-hybridized carbons (Fsp3) is 0. The van der Waals surface area contributed by atoms with E-state index in [1.165, 1.54) is 0 Å². The van der Waals surface area contributed by atoms with Crippen LogP contribution >= 0.6 is 0 Å². The van der Waals surface area contributed by atoms with Gasteiger partial charge in [0.1, 0.15) is 0 Å². The maximum Gasteiger partial charge on any atom is 3.00 e. The van der Waals surface area contributed by atoms with Gasteiger partial charge in [0, 0.05) is 0 Å². The van der Waals surface area contributed by atoms with E-state index < -0.39 is 0 Å². The molecule has 0 fully saturated rings. The molecule has 0 spiro atoms. The van der Waals surface area contributed by atoms with Crippen LogP contribution in [-0.2, 0) is 0 Å². The van der Waals surface area contributed by atoms with Gasteiger partial charge in [-0.2, -0.15) is 0 Å². The largest absolute Gasteiger partial charge is 3.00 e. The summed E-state index contributed by atoms with van der Waals surface area (Å²) in [5, 5.41) is 0. The summed E-state index contributed by atoms with van der Waals surface area (Å²) >= 11 is 0. The summed E-state index contributed by atoms with van der Waals surface area (Å²) in [5.74, 6) is 0. The summed E-state index contributed by atoms with van der Waals surface area (Å²) in [5.41, 5.74) is 0. The summed E-state index contributed by atoms with van der Waals surface area (Å²) < 4.78 is 0. The van der Waals surface area contributed by atoms with E-state index in [9.17, 15) is 0 Å². The van der Waals surface area contributed by atoms with Crippen LogP contribution in [-0.4, -0.2) is 41.7 Å². The fourth-order valence-corrected chi connectivity index (χ4v) is 0. The van der Waals surface area contributed by atoms with E-state index in [4.69, 9.17) is 0 Å². The summed E-state index contributed by atoms with van der Waals surface area (Å²) in [6.45, 7) is 0. The Morgan fingerprint density at radius 1 is 0.400 bits per heavy atom. The third-order valence-corrected chi connectivity index (χ3v) is 0. The van der Waals surface area contributed by atoms with Crippen LogP contribution in [0.5, 0.6) is 0 Å². The summed E-state index contributed by atoms with van der Waals surface area (Å²) in [7, 11) is 0. The van der Waals surface area contributed by atoms with E-state index in [0.29, 0.717) is 0 Å². The molecule has 32 valence electrons. The van der Waals surface area contributed by atoms with Crippen LogP contribution in [0, 0.1) is 0 Å². The third-order valence-electron chi connectivity index (χ3n) is 0. The molecule has 5 heavy (non-hydrogen) atoms. The van der Waals surface area contributed by atoms with Crippen molar-refractivity contribution in [2.75, 3.05) is 0 Å². The van der Waals surface area contributed by atoms with Crippen molar-refractivity contribution in [2.45, 2.75) is 0 Å². The molecule has 0 radical (unpaired) electrons. The smallest absolute Gasteiger partial charge is 0.870 e. The Morgan fingerprint density at radius 2 is 0.400 bits per heavy atom. The Labute approximate surface area is 42.5 Å². The first-order valence-electron chi connectivity index (χ1n) is 0. The summed E-state index contributed by atoms with van der Waals surface area (Å²) in [6, 6.07) is 0. The molecule has 4 nitrogen and oxygen atoms in total. The first kappa shape index (κ1) is 484. The second-order valence-electron chi connectivity index (χ2n) is 0. The third kappa shape index (κ3) is 121. The van der Waals surface area contributed by atoms with Crippen molar-refractivity contribution in [3.05, 3.63) is 0 Å². The Kier molecular flexibility index (Phi) is 23100. The van der Waals surface area contributed by atoms with E-state index in [1.807, 2.05) is 0 Å². The Hall–Kier alpha value is 0.476. The van der Waals surface area contributed by atoms with E-state index in [2.05, 4.69) is 0 Å². The number of hydrogen-bond donors (Lipinski definition) is 0. The van der Waals surface area contributed by atoms with Gasteiger partial charge in [-0.25, -0.2) is 0 Å². The van der Waals surface area contributed by atoms with Crippen molar-refractivity contribution < 1.29 is 21.9 Å². The molecule has 0 saturated carbocycles. The van der Waals surface area contributed by atoms with Gasteiger partial charge in [0.2, 0.25) is 0 Å². The molecule has 0 unspecified atom stereocenters. The van der Waals surface area contributed by atoms with Gasteiger partial charge >= 0.3 is 19.8 Å². The van der Waals surface area contributed by atoms with Crippen LogP contribution in [0.25, 0.3) is 0 Å². The maximum atomic E-state index is 0. The van der Waals surface area contributed by atoms with Gasteiger partial charge in [-0.15, -0.1) is 0 Å². The van der Waals surface area contributed by atoms with Gasteiger partial charge in [-0.1, -0.05) is 0 Å². The minimum absolute atomic E-state index is 0. The molecule has 0 rings (SSSR count). The van der Waals surface area contributed by atoms with Gasteiger partial charge in [0.15, 0.2) is 0 Å². The maximum absolute atomic E-state index is 0. The van der Waals surface area contributed by atoms with Crippen LogP contribution in [0.1, 0.15) is 0 Å². The van der Waals surface area contributed by atoms with Gasteiger partial charge in [0.05, 0.1) is 0 Å². The molecule has 0 heterocycles. The molecule has 0 aliphatic carbocycles. The standard InChI is InChI=1S/Ga.4H2O/h;4*1H2/q+3;;;;/p-4. The molecular formula is H4GaO4-. The van der Waals surface area contributed by atoms with Crippen LogP contribution in [0.15, 0.2) is 0 Å². The van der Waals surface area contributed by atoms with Crippen molar-refractivity contribution in [3.8, 4) is 0 Å². The van der Waals surface area contributed by atoms with Crippen molar-refractivity contribution in [1.29, 1.82) is 0 Å². The van der Waals surface area contributed by atoms with Crippen LogP contribution in [0.2, 0.25) is 0 Å². The van der Waals surface area contributed by atoms with Crippen molar-refractivity contribution in [2.24, 2.45) is 0 Å². The van der Waals surface area contributed by atoms with E-state index in [-0.39, 0.29) is 41.7 Å². The van der Waals surface area contributed by atoms with Crippen molar-refractivity contribution >= 4 is 19.8 Å². The average Bonchev–Trinajstić information content (AvgIpc) is 0. The normalized spacial score (nSPS) is 0. The van der Waals surface area contributed by atoms with Crippen LogP contribution in [0.4, 0.5) is 0 Å². The van der Waals surface area contributed by atoms with Crippen molar-refractivity contribution in [1.82, 2.24) is 0 Å². The summed E-state index contributed by atoms with van der Waals surface area (Å²) in [4.78, 5) is 0. The monoisotopic (exact) mass is 137 g/mol. The van der Waals surface area contributed by atoms with E-state index in [1.54, 1.807) is 0 Å². The van der Waals surface area contributed by atoms with Crippen molar-refractivity contribution in [3.63, 3.8) is 0 Å². The molecular weight excluding hydrogens is 134 g/mol. The number of rotatable bonds is 0. The zero-order valence-corrected chi connectivity index (χ0v) is 4.79. The van der Waals surface area contributed by atoms with E-state index >= 15 is 0 Å². The quantitative estimate of drug-likeness (QED) is 0.394. The predicted molar refractivity (Wildman–Crippen MR) is 13.5 cm³/mol. The predicted octanol–water partition coefficient (Wildman–Crippen LogP) is -1.09. The van der Waals surface area contributed by atoms with Gasteiger partial charge in [-0.3, -0.25) is 0 Å². The van der Waals surface area contributed by atoms with Gasteiger partial charge in [0.25, 0.3) is 0 Å². The molecule has 0 aromatic carbocycles. The molecule has 0 aliphatic heterocycles. The fourth-order valence-electron chi connectivity index (χ4n) is 0. The second kappa shape index (κ2) is 238. The topological polar surface area (TPSA) is 120 Å². The first-order chi connectivity index (χ1) is 0. The van der Waals surface area contributed by atoms with Crippen LogP contribution in [0.3, 0.4) is 0 Å². The second-order valence-corrected chi connectivity index (χ2v) is 0. The minimum atomic E-state index is 0. The Bertz CT molecular complexity index is 3.61. The molecule has 0 saturated heterocycles. The molecule has 0 aromatic heterocycles. The van der Waals surface area contributed by atoms with Gasteiger partial charge in [-0.05, 0) is 0 Å². The zero-order chi connectivity index (χ0) is 0. The average molecular weight is 138 g/mol. The van der Waals surface area contributed by atoms with E-state index in [0.717, 1.165) is 0 Å². The molecule has 0 amide bonds. The molecule has 0 bridgehead atoms. The summed E-state index contributed by atoms with van der Waals surface area (Å²) in [6.07, 6.45) is 0.